The molecule has 0 saturated carbocycles. The fourth-order valence-corrected chi connectivity index (χ4v) is 2.70. The van der Waals surface area contributed by atoms with Gasteiger partial charge in [-0.05, 0) is 57.8 Å². The average Bonchev–Trinajstić information content (AvgIpc) is 2.81. The van der Waals surface area contributed by atoms with Crippen LogP contribution in [0, 0.1) is 13.8 Å². The third-order valence-corrected chi connectivity index (χ3v) is 4.43. The highest BCUT2D eigenvalue weighted by Crippen LogP contribution is 2.05. The molecule has 0 aliphatic heterocycles. The fourth-order valence-electron chi connectivity index (χ4n) is 2.70. The SMILES string of the molecule is CC.CCC.CCCCCCNC.CCCc1ccc(C)cc1.CCc1cccc(C)c1. The molecule has 0 spiro atoms. The molecule has 0 saturated heterocycles. The largest absolute Gasteiger partial charge is 0.320 e. The van der Waals surface area contributed by atoms with Crippen LogP contribution in [0.25, 0.3) is 0 Å². The van der Waals surface area contributed by atoms with Crippen molar-refractivity contribution >= 4 is 0 Å². The predicted octanol–water partition coefficient (Wildman–Crippen LogP) is 9.73. The highest BCUT2D eigenvalue weighted by molar-refractivity contribution is 5.22. The average molecular weight is 444 g/mol. The lowest BCUT2D eigenvalue weighted by Crippen LogP contribution is -2.06. The molecule has 2 aromatic rings. The lowest BCUT2D eigenvalue weighted by Gasteiger charge is -1.97. The molecular formula is C31H57N. The van der Waals surface area contributed by atoms with E-state index in [1.807, 2.05) is 20.9 Å². The quantitative estimate of drug-likeness (QED) is 0.400. The van der Waals surface area contributed by atoms with Crippen molar-refractivity contribution in [3.63, 3.8) is 0 Å². The van der Waals surface area contributed by atoms with Gasteiger partial charge in [-0.1, -0.05) is 140 Å². The first kappa shape index (κ1) is 35.0. The highest BCUT2D eigenvalue weighted by Gasteiger charge is 1.88. The molecule has 0 aliphatic rings. The summed E-state index contributed by atoms with van der Waals surface area (Å²) in [5, 5.41) is 3.13. The van der Waals surface area contributed by atoms with Crippen LogP contribution in [0.5, 0.6) is 0 Å². The summed E-state index contributed by atoms with van der Waals surface area (Å²) in [6, 6.07) is 17.4. The Labute approximate surface area is 203 Å². The third-order valence-electron chi connectivity index (χ3n) is 4.43. The first-order valence-electron chi connectivity index (χ1n) is 13.2. The smallest absolute Gasteiger partial charge is 0.00519 e. The van der Waals surface area contributed by atoms with Crippen LogP contribution in [0.4, 0.5) is 0 Å². The molecule has 0 aromatic heterocycles. The molecule has 0 radical (unpaired) electrons. The van der Waals surface area contributed by atoms with Crippen LogP contribution in [0.3, 0.4) is 0 Å². The van der Waals surface area contributed by atoms with E-state index in [9.17, 15) is 0 Å². The van der Waals surface area contributed by atoms with Crippen molar-refractivity contribution in [1.29, 1.82) is 0 Å². The number of rotatable bonds is 8. The van der Waals surface area contributed by atoms with E-state index < -0.39 is 0 Å². The predicted molar refractivity (Wildman–Crippen MR) is 151 cm³/mol. The fraction of sp³-hybridized carbons (Fsp3) is 0.613. The lowest BCUT2D eigenvalue weighted by atomic mass is 10.1. The molecule has 0 aliphatic carbocycles. The molecule has 1 nitrogen and oxygen atoms in total. The minimum Gasteiger partial charge on any atom is -0.320 e. The second kappa shape index (κ2) is 29.4. The summed E-state index contributed by atoms with van der Waals surface area (Å²) in [6.07, 6.45) is 10.3. The molecule has 2 rings (SSSR count). The molecule has 2 aromatic carbocycles. The van der Waals surface area contributed by atoms with E-state index in [1.54, 1.807) is 0 Å². The number of hydrogen-bond acceptors (Lipinski definition) is 1. The van der Waals surface area contributed by atoms with Crippen LogP contribution >= 0.6 is 0 Å². The Bertz CT molecular complexity index is 565. The second-order valence-electron chi connectivity index (χ2n) is 7.95. The summed E-state index contributed by atoms with van der Waals surface area (Å²) in [6.45, 7) is 20.3. The van der Waals surface area contributed by atoms with Crippen molar-refractivity contribution < 1.29 is 0 Å². The lowest BCUT2D eigenvalue weighted by molar-refractivity contribution is 0.634. The van der Waals surface area contributed by atoms with Gasteiger partial charge in [-0.2, -0.15) is 0 Å². The van der Waals surface area contributed by atoms with Gasteiger partial charge in [0.1, 0.15) is 0 Å². The van der Waals surface area contributed by atoms with Gasteiger partial charge in [0.2, 0.25) is 0 Å². The van der Waals surface area contributed by atoms with Crippen LogP contribution in [0.1, 0.15) is 109 Å². The third kappa shape index (κ3) is 26.4. The van der Waals surface area contributed by atoms with Crippen LogP contribution in [-0.4, -0.2) is 13.6 Å². The van der Waals surface area contributed by atoms with E-state index in [2.05, 4.69) is 102 Å². The summed E-state index contributed by atoms with van der Waals surface area (Å²) in [7, 11) is 2.01. The van der Waals surface area contributed by atoms with Crippen LogP contribution < -0.4 is 5.32 Å². The van der Waals surface area contributed by atoms with Gasteiger partial charge >= 0.3 is 0 Å². The van der Waals surface area contributed by atoms with E-state index in [-0.39, 0.29) is 0 Å². The normalized spacial score (nSPS) is 8.94. The number of nitrogens with one attached hydrogen (secondary N) is 1. The van der Waals surface area contributed by atoms with Gasteiger partial charge in [0.25, 0.3) is 0 Å². The van der Waals surface area contributed by atoms with Crippen LogP contribution in [-0.2, 0) is 12.8 Å². The maximum atomic E-state index is 3.13. The van der Waals surface area contributed by atoms with Gasteiger partial charge in [-0.25, -0.2) is 0 Å². The minimum absolute atomic E-state index is 1.14. The Kier molecular flexibility index (Phi) is 32.2. The molecule has 32 heavy (non-hydrogen) atoms. The Balaban J connectivity index is -0.000000360. The van der Waals surface area contributed by atoms with Crippen LogP contribution in [0.15, 0.2) is 48.5 Å². The van der Waals surface area contributed by atoms with Crippen LogP contribution in [0.2, 0.25) is 0 Å². The van der Waals surface area contributed by atoms with E-state index in [0.717, 1.165) is 6.42 Å². The van der Waals surface area contributed by atoms with Gasteiger partial charge in [-0.15, -0.1) is 0 Å². The van der Waals surface area contributed by atoms with Gasteiger partial charge < -0.3 is 5.32 Å². The Morgan fingerprint density at radius 2 is 1.25 bits per heavy atom. The molecular weight excluding hydrogens is 386 g/mol. The molecule has 0 fully saturated rings. The molecule has 0 heterocycles. The Hall–Kier alpha value is -1.60. The molecule has 0 amide bonds. The Morgan fingerprint density at radius 3 is 1.66 bits per heavy atom. The zero-order chi connectivity index (χ0) is 25.0. The molecule has 0 bridgehead atoms. The zero-order valence-electron chi connectivity index (χ0n) is 23.5. The van der Waals surface area contributed by atoms with E-state index in [0.29, 0.717) is 0 Å². The van der Waals surface area contributed by atoms with Gasteiger partial charge in [0, 0.05) is 0 Å². The summed E-state index contributed by atoms with van der Waals surface area (Å²) in [4.78, 5) is 0. The standard InChI is InChI=1S/C10H14.C9H12.C7H17N.C3H8.C2H6/c1-3-4-10-7-5-9(2)6-8-10;1-3-9-6-4-5-8(2)7-9;1-3-4-5-6-7-8-2;1-3-2;1-2/h5-8H,3-4H2,1-2H3;4-7H,3H2,1-2H3;8H,3-7H2,1-2H3;3H2,1-2H3;1-2H3. The molecule has 1 N–H and O–H groups in total. The summed E-state index contributed by atoms with van der Waals surface area (Å²) in [5.74, 6) is 0. The topological polar surface area (TPSA) is 12.0 Å². The van der Waals surface area contributed by atoms with Crippen molar-refractivity contribution in [3.8, 4) is 0 Å². The van der Waals surface area contributed by atoms with Crippen molar-refractivity contribution in [2.24, 2.45) is 0 Å². The Morgan fingerprint density at radius 1 is 0.656 bits per heavy atom. The first-order valence-corrected chi connectivity index (χ1v) is 13.2. The van der Waals surface area contributed by atoms with Crippen molar-refractivity contribution in [1.82, 2.24) is 5.32 Å². The maximum absolute atomic E-state index is 3.13. The molecule has 0 unspecified atom stereocenters. The molecule has 1 heteroatoms. The first-order chi connectivity index (χ1) is 15.5. The van der Waals surface area contributed by atoms with Crippen molar-refractivity contribution in [2.75, 3.05) is 13.6 Å². The monoisotopic (exact) mass is 443 g/mol. The number of hydrogen-bond donors (Lipinski definition) is 1. The van der Waals surface area contributed by atoms with Crippen molar-refractivity contribution in [2.45, 2.75) is 114 Å². The van der Waals surface area contributed by atoms with Gasteiger partial charge in [0.15, 0.2) is 0 Å². The van der Waals surface area contributed by atoms with Crippen molar-refractivity contribution in [3.05, 3.63) is 70.8 Å². The number of benzene rings is 2. The molecule has 186 valence electrons. The van der Waals surface area contributed by atoms with Gasteiger partial charge in [-0.3, -0.25) is 0 Å². The molecule has 0 atom stereocenters. The highest BCUT2D eigenvalue weighted by atomic mass is 14.8. The number of aryl methyl sites for hydroxylation is 4. The van der Waals surface area contributed by atoms with Gasteiger partial charge in [0.05, 0.1) is 0 Å². The second-order valence-corrected chi connectivity index (χ2v) is 7.95. The minimum atomic E-state index is 1.14. The summed E-state index contributed by atoms with van der Waals surface area (Å²) < 4.78 is 0. The number of unbranched alkanes of at least 4 members (excludes halogenated alkanes) is 3. The maximum Gasteiger partial charge on any atom is -0.00519 e. The summed E-state index contributed by atoms with van der Waals surface area (Å²) in [5.41, 5.74) is 5.58. The van der Waals surface area contributed by atoms with E-state index in [1.165, 1.54) is 73.7 Å². The van der Waals surface area contributed by atoms with E-state index >= 15 is 0 Å². The summed E-state index contributed by atoms with van der Waals surface area (Å²) >= 11 is 0. The zero-order valence-corrected chi connectivity index (χ0v) is 23.5. The van der Waals surface area contributed by atoms with E-state index in [4.69, 9.17) is 0 Å².